The Labute approximate surface area is 180 Å². The molecule has 31 heavy (non-hydrogen) atoms. The van der Waals surface area contributed by atoms with Gasteiger partial charge < -0.3 is 5.73 Å². The van der Waals surface area contributed by atoms with Crippen LogP contribution in [-0.2, 0) is 27.4 Å². The molecule has 0 aliphatic carbocycles. The molecule has 0 unspecified atom stereocenters. The van der Waals surface area contributed by atoms with Gasteiger partial charge in [0.1, 0.15) is 4.90 Å². The molecule has 1 heterocycles. The number of hydrogen-bond donors (Lipinski definition) is 2. The molecule has 0 bridgehead atoms. The number of benzene rings is 2. The number of aromatic nitrogens is 2. The minimum Gasteiger partial charge on any atom is -0.369 e. The Morgan fingerprint density at radius 1 is 1.23 bits per heavy atom. The van der Waals surface area contributed by atoms with Gasteiger partial charge in [-0.2, -0.15) is 18.3 Å². The van der Waals surface area contributed by atoms with Crippen LogP contribution in [0.4, 0.5) is 13.2 Å². The maximum atomic E-state index is 13.0. The topological polar surface area (TPSA) is 121 Å². The second kappa shape index (κ2) is 7.98. The average molecular weight is 473 g/mol. The fourth-order valence-electron chi connectivity index (χ4n) is 3.14. The molecule has 0 aliphatic rings. The molecule has 164 valence electrons. The predicted molar refractivity (Wildman–Crippen MR) is 108 cm³/mol. The summed E-state index contributed by atoms with van der Waals surface area (Å²) >= 11 is 6.30. The van der Waals surface area contributed by atoms with Crippen LogP contribution in [0.3, 0.4) is 0 Å². The van der Waals surface area contributed by atoms with Crippen molar-refractivity contribution in [3.8, 4) is 16.8 Å². The van der Waals surface area contributed by atoms with E-state index in [9.17, 15) is 26.4 Å². The monoisotopic (exact) mass is 472 g/mol. The van der Waals surface area contributed by atoms with E-state index < -0.39 is 32.6 Å². The van der Waals surface area contributed by atoms with E-state index in [4.69, 9.17) is 22.5 Å². The average Bonchev–Trinajstić information content (AvgIpc) is 3.12. The van der Waals surface area contributed by atoms with Crippen LogP contribution in [0.1, 0.15) is 16.7 Å². The number of hydrogen-bond acceptors (Lipinski definition) is 4. The van der Waals surface area contributed by atoms with Gasteiger partial charge >= 0.3 is 6.18 Å². The summed E-state index contributed by atoms with van der Waals surface area (Å²) < 4.78 is 65.1. The summed E-state index contributed by atoms with van der Waals surface area (Å²) in [5, 5.41) is 9.26. The first-order valence-electron chi connectivity index (χ1n) is 8.65. The number of amides is 1. The summed E-state index contributed by atoms with van der Waals surface area (Å²) in [6.45, 7) is 1.73. The lowest BCUT2D eigenvalue weighted by Gasteiger charge is -2.19. The van der Waals surface area contributed by atoms with E-state index >= 15 is 0 Å². The van der Waals surface area contributed by atoms with E-state index in [2.05, 4.69) is 5.10 Å². The summed E-state index contributed by atoms with van der Waals surface area (Å²) in [6.07, 6.45) is -3.84. The molecular weight excluding hydrogens is 457 g/mol. The zero-order chi connectivity index (χ0) is 23.1. The van der Waals surface area contributed by atoms with E-state index in [0.29, 0.717) is 18.0 Å². The SMILES string of the molecule is Cc1ccc(Cl)c(-c2c(CC(N)=O)ccc(-n3cc(C(F)(F)F)cn3)c2S(N)(=O)=O)c1. The molecule has 3 rings (SSSR count). The van der Waals surface area contributed by atoms with Crippen LogP contribution in [-0.4, -0.2) is 24.1 Å². The van der Waals surface area contributed by atoms with Gasteiger partial charge in [-0.15, -0.1) is 0 Å². The largest absolute Gasteiger partial charge is 0.419 e. The fraction of sp³-hybridized carbons (Fsp3) is 0.158. The number of aryl methyl sites for hydroxylation is 1. The van der Waals surface area contributed by atoms with Gasteiger partial charge in [0.15, 0.2) is 0 Å². The van der Waals surface area contributed by atoms with Gasteiger partial charge in [-0.05, 0) is 30.7 Å². The van der Waals surface area contributed by atoms with Crippen molar-refractivity contribution < 1.29 is 26.4 Å². The Morgan fingerprint density at radius 3 is 2.45 bits per heavy atom. The number of carbonyl (C=O) groups is 1. The van der Waals surface area contributed by atoms with Crippen molar-refractivity contribution in [1.82, 2.24) is 9.78 Å². The molecule has 12 heteroatoms. The maximum Gasteiger partial charge on any atom is 0.419 e. The Hall–Kier alpha value is -2.89. The molecule has 0 saturated heterocycles. The molecule has 0 fully saturated rings. The molecule has 0 radical (unpaired) electrons. The zero-order valence-electron chi connectivity index (χ0n) is 15.9. The van der Waals surface area contributed by atoms with Crippen LogP contribution in [0.15, 0.2) is 47.6 Å². The lowest BCUT2D eigenvalue weighted by atomic mass is 9.95. The third-order valence-electron chi connectivity index (χ3n) is 4.42. The van der Waals surface area contributed by atoms with Crippen LogP contribution in [0, 0.1) is 6.92 Å². The van der Waals surface area contributed by atoms with Crippen LogP contribution in [0.2, 0.25) is 5.02 Å². The molecule has 1 amide bonds. The highest BCUT2D eigenvalue weighted by molar-refractivity contribution is 7.89. The van der Waals surface area contributed by atoms with Crippen molar-refractivity contribution in [3.63, 3.8) is 0 Å². The van der Waals surface area contributed by atoms with Crippen molar-refractivity contribution in [2.45, 2.75) is 24.4 Å². The summed E-state index contributed by atoms with van der Waals surface area (Å²) in [5.41, 5.74) is 5.09. The normalized spacial score (nSPS) is 12.2. The van der Waals surface area contributed by atoms with Crippen LogP contribution in [0.25, 0.3) is 16.8 Å². The number of carbonyl (C=O) groups excluding carboxylic acids is 1. The van der Waals surface area contributed by atoms with Crippen molar-refractivity contribution in [1.29, 1.82) is 0 Å². The molecular formula is C19H16ClF3N4O3S. The Morgan fingerprint density at radius 2 is 1.90 bits per heavy atom. The second-order valence-corrected chi connectivity index (χ2v) is 8.70. The minimum atomic E-state index is -4.69. The van der Waals surface area contributed by atoms with Gasteiger partial charge in [-0.3, -0.25) is 4.79 Å². The van der Waals surface area contributed by atoms with Gasteiger partial charge in [0.25, 0.3) is 0 Å². The summed E-state index contributed by atoms with van der Waals surface area (Å²) in [6, 6.07) is 7.36. The van der Waals surface area contributed by atoms with E-state index in [1.807, 2.05) is 0 Å². The molecule has 0 spiro atoms. The molecule has 7 nitrogen and oxygen atoms in total. The fourth-order valence-corrected chi connectivity index (χ4v) is 4.33. The Kier molecular flexibility index (Phi) is 5.87. The molecule has 0 atom stereocenters. The first-order valence-corrected chi connectivity index (χ1v) is 10.6. The number of sulfonamides is 1. The van der Waals surface area contributed by atoms with Gasteiger partial charge in [0, 0.05) is 22.3 Å². The molecule has 4 N–H and O–H groups in total. The number of primary amides is 1. The maximum absolute atomic E-state index is 13.0. The highest BCUT2D eigenvalue weighted by Crippen LogP contribution is 2.39. The molecule has 0 saturated carbocycles. The minimum absolute atomic E-state index is 0.0310. The number of nitrogens with two attached hydrogens (primary N) is 2. The van der Waals surface area contributed by atoms with Crippen LogP contribution < -0.4 is 10.9 Å². The number of alkyl halides is 3. The standard InChI is InChI=1S/C19H16ClF3N4O3S/c1-10-2-4-14(20)13(6-10)17-11(7-16(24)28)3-5-15(18(17)31(25,29)30)27-9-12(8-26-27)19(21,22)23/h2-6,8-9H,7H2,1H3,(H2,24,28)(H2,25,29,30). The summed E-state index contributed by atoms with van der Waals surface area (Å²) in [4.78, 5) is 11.1. The third kappa shape index (κ3) is 4.73. The number of halogens is 4. The number of primary sulfonamides is 1. The van der Waals surface area contributed by atoms with E-state index in [1.54, 1.807) is 19.1 Å². The van der Waals surface area contributed by atoms with Gasteiger partial charge in [0.2, 0.25) is 15.9 Å². The second-order valence-electron chi connectivity index (χ2n) is 6.79. The predicted octanol–water partition coefficient (Wildman–Crippen LogP) is 3.20. The number of rotatable bonds is 5. The third-order valence-corrected chi connectivity index (χ3v) is 5.73. The lowest BCUT2D eigenvalue weighted by molar-refractivity contribution is -0.137. The van der Waals surface area contributed by atoms with Crippen molar-refractivity contribution >= 4 is 27.5 Å². The quantitative estimate of drug-likeness (QED) is 0.592. The Balaban J connectivity index is 2.44. The van der Waals surface area contributed by atoms with E-state index in [0.717, 1.165) is 4.68 Å². The molecule has 2 aromatic carbocycles. The van der Waals surface area contributed by atoms with Gasteiger partial charge in [-0.1, -0.05) is 29.3 Å². The smallest absolute Gasteiger partial charge is 0.369 e. The first-order chi connectivity index (χ1) is 14.3. The van der Waals surface area contributed by atoms with Crippen molar-refractivity contribution in [2.24, 2.45) is 10.9 Å². The van der Waals surface area contributed by atoms with Crippen LogP contribution >= 0.6 is 11.6 Å². The number of nitrogens with zero attached hydrogens (tertiary/aromatic N) is 2. The molecule has 3 aromatic rings. The highest BCUT2D eigenvalue weighted by atomic mass is 35.5. The first kappa shape index (κ1) is 22.8. The molecule has 1 aromatic heterocycles. The Bertz CT molecular complexity index is 1290. The van der Waals surface area contributed by atoms with Gasteiger partial charge in [0.05, 0.1) is 23.9 Å². The van der Waals surface area contributed by atoms with Gasteiger partial charge in [-0.25, -0.2) is 18.2 Å². The van der Waals surface area contributed by atoms with E-state index in [-0.39, 0.29) is 33.8 Å². The van der Waals surface area contributed by atoms with Crippen molar-refractivity contribution in [3.05, 3.63) is 64.4 Å². The summed E-state index contributed by atoms with van der Waals surface area (Å²) in [7, 11) is -4.53. The highest BCUT2D eigenvalue weighted by Gasteiger charge is 2.33. The van der Waals surface area contributed by atoms with E-state index in [1.165, 1.54) is 18.2 Å². The zero-order valence-corrected chi connectivity index (χ0v) is 17.5. The lowest BCUT2D eigenvalue weighted by Crippen LogP contribution is -2.20. The van der Waals surface area contributed by atoms with Crippen LogP contribution in [0.5, 0.6) is 0 Å². The summed E-state index contributed by atoms with van der Waals surface area (Å²) in [5.74, 6) is -0.753. The molecule has 0 aliphatic heterocycles. The van der Waals surface area contributed by atoms with Crippen molar-refractivity contribution in [2.75, 3.05) is 0 Å².